The Morgan fingerprint density at radius 1 is 1.00 bits per heavy atom. The largest absolute Gasteiger partial charge is 0.490 e. The van der Waals surface area contributed by atoms with Crippen molar-refractivity contribution < 1.29 is 14.2 Å². The molecule has 0 atom stereocenters. The summed E-state index contributed by atoms with van der Waals surface area (Å²) in [5.74, 6) is 1.63. The number of benzene rings is 1. The van der Waals surface area contributed by atoms with E-state index in [4.69, 9.17) is 14.2 Å². The van der Waals surface area contributed by atoms with Gasteiger partial charge in [0.1, 0.15) is 0 Å². The lowest BCUT2D eigenvalue weighted by molar-refractivity contribution is 0.198. The number of nitrogens with one attached hydrogen (secondary N) is 1. The van der Waals surface area contributed by atoms with Crippen LogP contribution in [0.4, 0.5) is 0 Å². The average molecular weight is 253 g/mol. The molecule has 102 valence electrons. The van der Waals surface area contributed by atoms with Crippen molar-refractivity contribution in [3.63, 3.8) is 0 Å². The first kappa shape index (κ1) is 14.8. The summed E-state index contributed by atoms with van der Waals surface area (Å²) in [6.07, 6.45) is 0.962. The van der Waals surface area contributed by atoms with E-state index in [1.165, 1.54) is 0 Å². The second-order valence-electron chi connectivity index (χ2n) is 3.82. The van der Waals surface area contributed by atoms with Crippen molar-refractivity contribution in [3.8, 4) is 11.5 Å². The van der Waals surface area contributed by atoms with Gasteiger partial charge in [0.15, 0.2) is 11.5 Å². The molecular weight excluding hydrogens is 230 g/mol. The quantitative estimate of drug-likeness (QED) is 0.648. The van der Waals surface area contributed by atoms with Crippen molar-refractivity contribution in [1.82, 2.24) is 5.32 Å². The second kappa shape index (κ2) is 9.74. The van der Waals surface area contributed by atoms with Crippen LogP contribution in [0.3, 0.4) is 0 Å². The topological polar surface area (TPSA) is 39.7 Å². The van der Waals surface area contributed by atoms with E-state index in [0.29, 0.717) is 13.2 Å². The van der Waals surface area contributed by atoms with Crippen molar-refractivity contribution in [2.45, 2.75) is 13.3 Å². The van der Waals surface area contributed by atoms with Crippen LogP contribution < -0.4 is 14.8 Å². The minimum Gasteiger partial charge on any atom is -0.490 e. The molecule has 0 radical (unpaired) electrons. The Labute approximate surface area is 109 Å². The molecule has 0 aliphatic rings. The highest BCUT2D eigenvalue weighted by atomic mass is 16.5. The molecule has 1 aromatic carbocycles. The average Bonchev–Trinajstić information content (AvgIpc) is 2.40. The van der Waals surface area contributed by atoms with Gasteiger partial charge in [-0.3, -0.25) is 0 Å². The number of hydrogen-bond donors (Lipinski definition) is 1. The summed E-state index contributed by atoms with van der Waals surface area (Å²) < 4.78 is 16.1. The van der Waals surface area contributed by atoms with Gasteiger partial charge in [0, 0.05) is 13.7 Å². The number of methoxy groups -OCH3 is 1. The Balaban J connectivity index is 2.18. The van der Waals surface area contributed by atoms with Crippen molar-refractivity contribution >= 4 is 0 Å². The molecule has 4 nitrogen and oxygen atoms in total. The lowest BCUT2D eigenvalue weighted by Crippen LogP contribution is -2.21. The Hall–Kier alpha value is -1.26. The van der Waals surface area contributed by atoms with Gasteiger partial charge < -0.3 is 19.5 Å². The first-order valence-corrected chi connectivity index (χ1v) is 6.42. The fourth-order valence-electron chi connectivity index (χ4n) is 1.52. The van der Waals surface area contributed by atoms with Crippen molar-refractivity contribution in [2.24, 2.45) is 0 Å². The zero-order valence-corrected chi connectivity index (χ0v) is 11.3. The number of hydrogen-bond acceptors (Lipinski definition) is 4. The predicted octanol–water partition coefficient (Wildman–Crippen LogP) is 2.09. The molecule has 0 amide bonds. The van der Waals surface area contributed by atoms with E-state index in [2.05, 4.69) is 5.32 Å². The van der Waals surface area contributed by atoms with E-state index in [9.17, 15) is 0 Å². The van der Waals surface area contributed by atoms with Crippen LogP contribution in [0.25, 0.3) is 0 Å². The van der Waals surface area contributed by atoms with Gasteiger partial charge in [0.2, 0.25) is 0 Å². The van der Waals surface area contributed by atoms with E-state index in [1.807, 2.05) is 31.2 Å². The summed E-state index contributed by atoms with van der Waals surface area (Å²) in [5.41, 5.74) is 0. The molecule has 0 bridgehead atoms. The highest BCUT2D eigenvalue weighted by Crippen LogP contribution is 2.26. The maximum absolute atomic E-state index is 5.70. The fraction of sp³-hybridized carbons (Fsp3) is 0.571. The SMILES string of the molecule is CCOc1ccccc1OCCCNCCOC. The summed E-state index contributed by atoms with van der Waals surface area (Å²) >= 11 is 0. The van der Waals surface area contributed by atoms with E-state index in [-0.39, 0.29) is 0 Å². The number of para-hydroxylation sites is 2. The normalized spacial score (nSPS) is 10.3. The summed E-state index contributed by atoms with van der Waals surface area (Å²) in [6.45, 7) is 5.86. The first-order valence-electron chi connectivity index (χ1n) is 6.42. The van der Waals surface area contributed by atoms with Gasteiger partial charge in [-0.2, -0.15) is 0 Å². The summed E-state index contributed by atoms with van der Waals surface area (Å²) in [7, 11) is 1.70. The number of rotatable bonds is 10. The third-order valence-electron chi connectivity index (χ3n) is 2.39. The molecule has 1 rings (SSSR count). The van der Waals surface area contributed by atoms with E-state index >= 15 is 0 Å². The molecule has 1 aromatic rings. The molecule has 0 unspecified atom stereocenters. The number of ether oxygens (including phenoxy) is 3. The highest BCUT2D eigenvalue weighted by molar-refractivity contribution is 5.39. The molecule has 0 spiro atoms. The fourth-order valence-corrected chi connectivity index (χ4v) is 1.52. The van der Waals surface area contributed by atoms with Gasteiger partial charge in [-0.25, -0.2) is 0 Å². The van der Waals surface area contributed by atoms with Gasteiger partial charge in [0.25, 0.3) is 0 Å². The molecule has 0 fully saturated rings. The van der Waals surface area contributed by atoms with Gasteiger partial charge in [-0.1, -0.05) is 12.1 Å². The van der Waals surface area contributed by atoms with Crippen LogP contribution in [0.1, 0.15) is 13.3 Å². The Morgan fingerprint density at radius 3 is 2.39 bits per heavy atom. The van der Waals surface area contributed by atoms with Crippen molar-refractivity contribution in [1.29, 1.82) is 0 Å². The minimum atomic E-state index is 0.652. The Kier molecular flexibility index (Phi) is 8.01. The summed E-state index contributed by atoms with van der Waals surface area (Å²) in [5, 5.41) is 3.28. The molecule has 18 heavy (non-hydrogen) atoms. The van der Waals surface area contributed by atoms with E-state index in [0.717, 1.165) is 37.6 Å². The molecular formula is C14H23NO3. The van der Waals surface area contributed by atoms with Crippen LogP contribution in [0.15, 0.2) is 24.3 Å². The molecule has 0 heterocycles. The molecule has 0 aliphatic heterocycles. The van der Waals surface area contributed by atoms with Gasteiger partial charge in [-0.05, 0) is 32.0 Å². The van der Waals surface area contributed by atoms with Crippen LogP contribution in [0.5, 0.6) is 11.5 Å². The van der Waals surface area contributed by atoms with Crippen LogP contribution in [-0.4, -0.2) is 40.0 Å². The van der Waals surface area contributed by atoms with Crippen LogP contribution in [-0.2, 0) is 4.74 Å². The molecule has 0 aliphatic carbocycles. The van der Waals surface area contributed by atoms with Gasteiger partial charge in [0.05, 0.1) is 19.8 Å². The zero-order chi connectivity index (χ0) is 13.1. The van der Waals surface area contributed by atoms with E-state index < -0.39 is 0 Å². The third kappa shape index (κ3) is 5.89. The van der Waals surface area contributed by atoms with Gasteiger partial charge in [-0.15, -0.1) is 0 Å². The zero-order valence-electron chi connectivity index (χ0n) is 11.3. The lowest BCUT2D eigenvalue weighted by Gasteiger charge is -2.11. The molecule has 4 heteroatoms. The molecule has 0 aromatic heterocycles. The van der Waals surface area contributed by atoms with Crippen molar-refractivity contribution in [2.75, 3.05) is 40.0 Å². The van der Waals surface area contributed by atoms with Crippen molar-refractivity contribution in [3.05, 3.63) is 24.3 Å². The van der Waals surface area contributed by atoms with Gasteiger partial charge >= 0.3 is 0 Å². The Morgan fingerprint density at radius 2 is 1.72 bits per heavy atom. The molecule has 0 saturated carbocycles. The standard InChI is InChI=1S/C14H23NO3/c1-3-17-13-7-4-5-8-14(13)18-11-6-9-15-10-12-16-2/h4-5,7-8,15H,3,6,9-12H2,1-2H3. The first-order chi connectivity index (χ1) is 8.88. The highest BCUT2D eigenvalue weighted by Gasteiger charge is 2.02. The Bertz CT molecular complexity index is 318. The van der Waals surface area contributed by atoms with Crippen LogP contribution in [0, 0.1) is 0 Å². The van der Waals surface area contributed by atoms with Crippen LogP contribution >= 0.6 is 0 Å². The third-order valence-corrected chi connectivity index (χ3v) is 2.39. The van der Waals surface area contributed by atoms with Crippen LogP contribution in [0.2, 0.25) is 0 Å². The molecule has 1 N–H and O–H groups in total. The smallest absolute Gasteiger partial charge is 0.161 e. The summed E-state index contributed by atoms with van der Waals surface area (Å²) in [4.78, 5) is 0. The van der Waals surface area contributed by atoms with E-state index in [1.54, 1.807) is 7.11 Å². The molecule has 0 saturated heterocycles. The minimum absolute atomic E-state index is 0.652. The monoisotopic (exact) mass is 253 g/mol. The predicted molar refractivity (Wildman–Crippen MR) is 72.5 cm³/mol. The summed E-state index contributed by atoms with van der Waals surface area (Å²) in [6, 6.07) is 7.76. The second-order valence-corrected chi connectivity index (χ2v) is 3.82. The lowest BCUT2D eigenvalue weighted by atomic mass is 10.3. The maximum atomic E-state index is 5.70. The maximum Gasteiger partial charge on any atom is 0.161 e.